The standard InChI is InChI=1S/C63H46O20S7/c1-39-11-28-48(35-59(39)85-82-80-64)87(66,67)50-30-33-57(61(37-50)89(70,71)72)78-44-18-14-41(15-19-44)63(54-9-5-3-7-52(54)53-8-4-6-10-55(53)63)40-12-16-43(17-13-40)77-56-32-29-49(36-60(56)86-83-81-65)88(68,69)51-31-34-58(62(38-51)90(73,74)75)79-45-22-26-47(27-23-45)84-46-24-20-42(76-2)21-25-46/h3-38,64-65H,1-2H3,(H,70,71,72)(H,73,74,75). The molecule has 10 aromatic rings. The number of ether oxygens (including phenoxy) is 4. The van der Waals surface area contributed by atoms with Crippen LogP contribution in [0.2, 0.25) is 0 Å². The first-order valence-corrected chi connectivity index (χ1v) is 34.4. The Labute approximate surface area is 529 Å². The van der Waals surface area contributed by atoms with Crippen molar-refractivity contribution in [3.63, 3.8) is 0 Å². The zero-order valence-electron chi connectivity index (χ0n) is 46.5. The lowest BCUT2D eigenvalue weighted by Gasteiger charge is -2.34. The summed E-state index contributed by atoms with van der Waals surface area (Å²) in [4.78, 5) is -1.25. The number of benzene rings is 10. The highest BCUT2D eigenvalue weighted by atomic mass is 32.2. The van der Waals surface area contributed by atoms with Gasteiger partial charge >= 0.3 is 0 Å². The molecule has 0 heterocycles. The van der Waals surface area contributed by atoms with Crippen molar-refractivity contribution in [1.29, 1.82) is 0 Å². The lowest BCUT2D eigenvalue weighted by Crippen LogP contribution is -2.28. The maximum Gasteiger partial charge on any atom is 0.298 e. The summed E-state index contributed by atoms with van der Waals surface area (Å²) < 4.78 is 161. The van der Waals surface area contributed by atoms with Crippen molar-refractivity contribution < 1.29 is 91.0 Å². The van der Waals surface area contributed by atoms with E-state index in [0.29, 0.717) is 35.4 Å². The van der Waals surface area contributed by atoms with Gasteiger partial charge in [-0.1, -0.05) is 101 Å². The number of hydrogen-bond acceptors (Lipinski definition) is 21. The third kappa shape index (κ3) is 13.0. The zero-order chi connectivity index (χ0) is 63.6. The van der Waals surface area contributed by atoms with E-state index in [4.69, 9.17) is 28.5 Å². The van der Waals surface area contributed by atoms with E-state index in [1.54, 1.807) is 74.7 Å². The Morgan fingerprint density at radius 2 is 0.767 bits per heavy atom. The van der Waals surface area contributed by atoms with Gasteiger partial charge in [0.15, 0.2) is 0 Å². The summed E-state index contributed by atoms with van der Waals surface area (Å²) >= 11 is 2.40. The molecule has 1 aliphatic rings. The normalized spacial score (nSPS) is 12.9. The monoisotopic (exact) mass is 1350 g/mol. The number of rotatable bonds is 23. The molecule has 0 amide bonds. The van der Waals surface area contributed by atoms with Gasteiger partial charge in [0.2, 0.25) is 19.7 Å². The molecule has 0 saturated carbocycles. The van der Waals surface area contributed by atoms with Gasteiger partial charge < -0.3 is 18.9 Å². The molecule has 0 spiro atoms. The van der Waals surface area contributed by atoms with Crippen LogP contribution in [0.3, 0.4) is 0 Å². The number of sulfone groups is 2. The van der Waals surface area contributed by atoms with Crippen LogP contribution in [0.5, 0.6) is 40.2 Å². The summed E-state index contributed by atoms with van der Waals surface area (Å²) in [5.74, 6) is 0.595. The van der Waals surface area contributed by atoms with Gasteiger partial charge in [-0.3, -0.25) is 9.11 Å². The van der Waals surface area contributed by atoms with Crippen molar-refractivity contribution in [2.45, 2.75) is 61.3 Å². The number of aryl methyl sites for hydroxylation is 1. The summed E-state index contributed by atoms with van der Waals surface area (Å²) in [6.07, 6.45) is 0. The second kappa shape index (κ2) is 26.0. The van der Waals surface area contributed by atoms with Crippen molar-refractivity contribution in [2.24, 2.45) is 0 Å². The molecule has 0 aromatic heterocycles. The third-order valence-electron chi connectivity index (χ3n) is 14.3. The van der Waals surface area contributed by atoms with Crippen LogP contribution in [0, 0.1) is 6.92 Å². The average molecular weight is 1350 g/mol. The van der Waals surface area contributed by atoms with E-state index in [1.165, 1.54) is 42.1 Å². The van der Waals surface area contributed by atoms with Gasteiger partial charge in [-0.05, 0) is 185 Å². The van der Waals surface area contributed by atoms with Gasteiger partial charge in [-0.25, -0.2) is 27.4 Å². The maximum absolute atomic E-state index is 14.3. The van der Waals surface area contributed by atoms with E-state index < -0.39 is 64.9 Å². The number of fused-ring (bicyclic) bond motifs is 3. The maximum atomic E-state index is 14.3. The van der Waals surface area contributed by atoms with Crippen LogP contribution in [0.25, 0.3) is 11.1 Å². The minimum Gasteiger partial charge on any atom is -0.497 e. The van der Waals surface area contributed by atoms with Crippen molar-refractivity contribution >= 4 is 75.8 Å². The molecule has 1 aliphatic carbocycles. The lowest BCUT2D eigenvalue weighted by atomic mass is 9.68. The summed E-state index contributed by atoms with van der Waals surface area (Å²) in [6.45, 7) is 1.66. The fourth-order valence-electron chi connectivity index (χ4n) is 10.2. The molecule has 0 bridgehead atoms. The first kappa shape index (κ1) is 63.5. The molecule has 460 valence electrons. The van der Waals surface area contributed by atoms with Crippen LogP contribution < -0.4 is 18.9 Å². The first-order chi connectivity index (χ1) is 43.1. The molecule has 90 heavy (non-hydrogen) atoms. The Bertz CT molecular complexity index is 4780. The molecule has 20 nitrogen and oxygen atoms in total. The first-order valence-electron chi connectivity index (χ1n) is 26.3. The van der Waals surface area contributed by atoms with Gasteiger partial charge in [-0.2, -0.15) is 16.8 Å². The molecule has 27 heteroatoms. The van der Waals surface area contributed by atoms with E-state index in [9.17, 15) is 48.0 Å². The summed E-state index contributed by atoms with van der Waals surface area (Å²) in [6, 6.07) is 57.4. The Hall–Kier alpha value is -8.07. The van der Waals surface area contributed by atoms with Crippen LogP contribution in [-0.4, -0.2) is 60.4 Å². The average Bonchev–Trinajstić information content (AvgIpc) is 1.53. The molecule has 0 fully saturated rings. The lowest BCUT2D eigenvalue weighted by molar-refractivity contribution is -0.432. The smallest absolute Gasteiger partial charge is 0.298 e. The Balaban J connectivity index is 0.869. The van der Waals surface area contributed by atoms with E-state index in [0.717, 1.165) is 85.6 Å². The predicted molar refractivity (Wildman–Crippen MR) is 330 cm³/mol. The third-order valence-corrected chi connectivity index (χ3v) is 22.0. The minimum absolute atomic E-state index is 0.0158. The minimum atomic E-state index is -5.10. The second-order valence-electron chi connectivity index (χ2n) is 19.6. The highest BCUT2D eigenvalue weighted by molar-refractivity contribution is 7.99. The van der Waals surface area contributed by atoms with Crippen LogP contribution in [0.15, 0.2) is 267 Å². The van der Waals surface area contributed by atoms with Gasteiger partial charge in [0.1, 0.15) is 50.0 Å². The zero-order valence-corrected chi connectivity index (χ0v) is 52.2. The molecule has 0 unspecified atom stereocenters. The van der Waals surface area contributed by atoms with E-state index in [2.05, 4.69) is 14.4 Å². The largest absolute Gasteiger partial charge is 0.497 e. The Morgan fingerprint density at radius 3 is 1.20 bits per heavy atom. The summed E-state index contributed by atoms with van der Waals surface area (Å²) in [5.41, 5.74) is 4.75. The van der Waals surface area contributed by atoms with Crippen LogP contribution >= 0.6 is 35.8 Å². The van der Waals surface area contributed by atoms with Gasteiger partial charge in [-0.15, -0.1) is 8.67 Å². The van der Waals surface area contributed by atoms with Crippen LogP contribution in [-0.2, 0) is 64.1 Å². The molecule has 0 radical (unpaired) electrons. The SMILES string of the molecule is COc1ccc(Sc2ccc(Oc3ccc(S(=O)(=O)c4ccc(Oc5ccc(C6(c7ccc(Oc8ccc(S(=O)(=O)c9ccc(C)c(SOOO)c9)cc8S(=O)(=O)O)cc7)c7ccccc7-c7ccccc76)cc5)c(SOOO)c4)cc3S(=O)(=O)O)cc2)cc1. The van der Waals surface area contributed by atoms with Gasteiger partial charge in [0, 0.05) is 14.7 Å². The topological polar surface area (TPSA) is 291 Å². The van der Waals surface area contributed by atoms with Gasteiger partial charge in [0.05, 0.1) is 61.1 Å². The molecule has 0 saturated heterocycles. The fraction of sp³-hybridized carbons (Fsp3) is 0.0476. The molecular formula is C63H46O20S7. The predicted octanol–water partition coefficient (Wildman–Crippen LogP) is 14.9. The fourth-order valence-corrected chi connectivity index (χ4v) is 16.2. The van der Waals surface area contributed by atoms with Crippen LogP contribution in [0.4, 0.5) is 0 Å². The van der Waals surface area contributed by atoms with Crippen molar-refractivity contribution in [2.75, 3.05) is 7.11 Å². The quantitative estimate of drug-likeness (QED) is 0.0200. The number of methoxy groups -OCH3 is 1. The van der Waals surface area contributed by atoms with E-state index in [1.807, 2.05) is 84.9 Å². The molecule has 11 rings (SSSR count). The van der Waals surface area contributed by atoms with Crippen molar-refractivity contribution in [3.05, 3.63) is 246 Å². The molecular weight excluding hydrogens is 1300 g/mol. The number of hydrogen-bond donors (Lipinski definition) is 4. The van der Waals surface area contributed by atoms with Crippen molar-refractivity contribution in [1.82, 2.24) is 0 Å². The Morgan fingerprint density at radius 1 is 0.400 bits per heavy atom. The molecule has 0 atom stereocenters. The second-order valence-corrected chi connectivity index (χ2v) is 28.9. The van der Waals surface area contributed by atoms with E-state index >= 15 is 0 Å². The van der Waals surface area contributed by atoms with Gasteiger partial charge in [0.25, 0.3) is 20.2 Å². The highest BCUT2D eigenvalue weighted by Crippen LogP contribution is 2.56. The molecule has 4 N–H and O–H groups in total. The summed E-state index contributed by atoms with van der Waals surface area (Å²) in [7, 11) is -17.6. The van der Waals surface area contributed by atoms with E-state index in [-0.39, 0.29) is 54.1 Å². The molecule has 0 aliphatic heterocycles. The highest BCUT2D eigenvalue weighted by Gasteiger charge is 2.46. The van der Waals surface area contributed by atoms with Crippen LogP contribution in [0.1, 0.15) is 27.8 Å². The molecule has 10 aromatic carbocycles. The Kier molecular flexibility index (Phi) is 18.4. The summed E-state index contributed by atoms with van der Waals surface area (Å²) in [5, 5.41) is 25.3. The van der Waals surface area contributed by atoms with Crippen molar-refractivity contribution in [3.8, 4) is 51.4 Å².